The van der Waals surface area contributed by atoms with Crippen molar-refractivity contribution in [3.63, 3.8) is 0 Å². The van der Waals surface area contributed by atoms with Crippen molar-refractivity contribution in [2.75, 3.05) is 19.5 Å². The summed E-state index contributed by atoms with van der Waals surface area (Å²) in [6, 6.07) is 4.61. The van der Waals surface area contributed by atoms with Crippen LogP contribution in [0.25, 0.3) is 0 Å². The SMILES string of the molecule is CCC[C@@H](Nc1ccc(OC)cc1OC)C(=O)O. The Kier molecular flexibility index (Phi) is 5.30. The molecule has 100 valence electrons. The number of rotatable bonds is 7. The van der Waals surface area contributed by atoms with Crippen molar-refractivity contribution in [3.8, 4) is 11.5 Å². The summed E-state index contributed by atoms with van der Waals surface area (Å²) in [6.45, 7) is 1.95. The second-order valence-electron chi connectivity index (χ2n) is 3.89. The van der Waals surface area contributed by atoms with E-state index in [2.05, 4.69) is 5.32 Å². The van der Waals surface area contributed by atoms with Crippen molar-refractivity contribution in [2.45, 2.75) is 25.8 Å². The van der Waals surface area contributed by atoms with Gasteiger partial charge in [0.1, 0.15) is 17.5 Å². The molecule has 0 saturated heterocycles. The molecule has 18 heavy (non-hydrogen) atoms. The van der Waals surface area contributed by atoms with E-state index in [9.17, 15) is 4.79 Å². The molecule has 1 rings (SSSR count). The number of hydrogen-bond acceptors (Lipinski definition) is 4. The Morgan fingerprint density at radius 2 is 2.11 bits per heavy atom. The van der Waals surface area contributed by atoms with Crippen LogP contribution < -0.4 is 14.8 Å². The highest BCUT2D eigenvalue weighted by Crippen LogP contribution is 2.29. The van der Waals surface area contributed by atoms with Crippen LogP contribution in [0, 0.1) is 0 Å². The highest BCUT2D eigenvalue weighted by atomic mass is 16.5. The molecule has 0 unspecified atom stereocenters. The zero-order valence-electron chi connectivity index (χ0n) is 10.9. The van der Waals surface area contributed by atoms with E-state index in [1.54, 1.807) is 25.3 Å². The van der Waals surface area contributed by atoms with Gasteiger partial charge in [0.15, 0.2) is 0 Å². The van der Waals surface area contributed by atoms with Crippen LogP contribution in [0.2, 0.25) is 0 Å². The molecule has 2 N–H and O–H groups in total. The van der Waals surface area contributed by atoms with Gasteiger partial charge in [-0.3, -0.25) is 0 Å². The molecule has 1 aromatic rings. The van der Waals surface area contributed by atoms with Crippen molar-refractivity contribution in [2.24, 2.45) is 0 Å². The minimum absolute atomic E-state index is 0.560. The fraction of sp³-hybridized carbons (Fsp3) is 0.462. The smallest absolute Gasteiger partial charge is 0.326 e. The van der Waals surface area contributed by atoms with Crippen molar-refractivity contribution >= 4 is 11.7 Å². The predicted molar refractivity (Wildman–Crippen MR) is 69.5 cm³/mol. The number of methoxy groups -OCH3 is 2. The maximum atomic E-state index is 11.1. The molecular formula is C13H19NO4. The van der Waals surface area contributed by atoms with Crippen molar-refractivity contribution in [3.05, 3.63) is 18.2 Å². The van der Waals surface area contributed by atoms with Crippen molar-refractivity contribution < 1.29 is 19.4 Å². The molecule has 0 fully saturated rings. The third-order valence-corrected chi connectivity index (χ3v) is 2.61. The Morgan fingerprint density at radius 1 is 1.39 bits per heavy atom. The number of aliphatic carboxylic acids is 1. The number of nitrogens with one attached hydrogen (secondary N) is 1. The minimum atomic E-state index is -0.866. The van der Waals surface area contributed by atoms with Gasteiger partial charge in [0, 0.05) is 6.07 Å². The number of benzene rings is 1. The summed E-state index contributed by atoms with van der Waals surface area (Å²) in [7, 11) is 3.11. The largest absolute Gasteiger partial charge is 0.497 e. The van der Waals surface area contributed by atoms with E-state index in [-0.39, 0.29) is 0 Å². The molecule has 5 nitrogen and oxygen atoms in total. The van der Waals surface area contributed by atoms with E-state index in [1.165, 1.54) is 7.11 Å². The van der Waals surface area contributed by atoms with Crippen molar-refractivity contribution in [1.29, 1.82) is 0 Å². The third kappa shape index (κ3) is 3.55. The van der Waals surface area contributed by atoms with E-state index in [4.69, 9.17) is 14.6 Å². The molecule has 0 aliphatic carbocycles. The zero-order chi connectivity index (χ0) is 13.5. The van der Waals surface area contributed by atoms with Gasteiger partial charge >= 0.3 is 5.97 Å². The minimum Gasteiger partial charge on any atom is -0.497 e. The van der Waals surface area contributed by atoms with E-state index < -0.39 is 12.0 Å². The van der Waals surface area contributed by atoms with Crippen molar-refractivity contribution in [1.82, 2.24) is 0 Å². The maximum absolute atomic E-state index is 11.1. The second kappa shape index (κ2) is 6.74. The van der Waals surface area contributed by atoms with Gasteiger partial charge in [0.25, 0.3) is 0 Å². The Hall–Kier alpha value is -1.91. The Labute approximate surface area is 107 Å². The summed E-state index contributed by atoms with van der Waals surface area (Å²) in [5, 5.41) is 12.1. The normalized spacial score (nSPS) is 11.7. The average Bonchev–Trinajstić information content (AvgIpc) is 2.38. The summed E-state index contributed by atoms with van der Waals surface area (Å²) < 4.78 is 10.3. The molecular weight excluding hydrogens is 234 g/mol. The average molecular weight is 253 g/mol. The van der Waals surface area contributed by atoms with Crippen LogP contribution in [0.4, 0.5) is 5.69 Å². The van der Waals surface area contributed by atoms with E-state index in [0.29, 0.717) is 23.6 Å². The molecule has 0 radical (unpaired) electrons. The third-order valence-electron chi connectivity index (χ3n) is 2.61. The van der Waals surface area contributed by atoms with Gasteiger partial charge in [-0.2, -0.15) is 0 Å². The molecule has 1 atom stereocenters. The first-order chi connectivity index (χ1) is 8.62. The lowest BCUT2D eigenvalue weighted by molar-refractivity contribution is -0.138. The summed E-state index contributed by atoms with van der Waals surface area (Å²) in [6.07, 6.45) is 1.35. The molecule has 0 bridgehead atoms. The highest BCUT2D eigenvalue weighted by Gasteiger charge is 2.17. The van der Waals surface area contributed by atoms with Crippen LogP contribution in [0.15, 0.2) is 18.2 Å². The quantitative estimate of drug-likeness (QED) is 0.780. The fourth-order valence-corrected chi connectivity index (χ4v) is 1.65. The van der Waals surface area contributed by atoms with E-state index in [0.717, 1.165) is 6.42 Å². The summed E-state index contributed by atoms with van der Waals surface area (Å²) in [5.74, 6) is 0.367. The topological polar surface area (TPSA) is 67.8 Å². The molecule has 0 amide bonds. The Bertz CT molecular complexity index is 406. The standard InChI is InChI=1S/C13H19NO4/c1-4-5-11(13(15)16)14-10-7-6-9(17-2)8-12(10)18-3/h6-8,11,14H,4-5H2,1-3H3,(H,15,16)/t11-/m1/s1. The molecule has 1 aromatic carbocycles. The molecule has 0 saturated carbocycles. The number of carboxylic acids is 1. The lowest BCUT2D eigenvalue weighted by atomic mass is 10.1. The van der Waals surface area contributed by atoms with Gasteiger partial charge in [-0.25, -0.2) is 4.79 Å². The lowest BCUT2D eigenvalue weighted by Gasteiger charge is -2.17. The number of carboxylic acid groups (broad SMARTS) is 1. The number of ether oxygens (including phenoxy) is 2. The Morgan fingerprint density at radius 3 is 2.61 bits per heavy atom. The van der Waals surface area contributed by atoms with Crippen LogP contribution in [0.3, 0.4) is 0 Å². The van der Waals surface area contributed by atoms with Gasteiger partial charge < -0.3 is 19.9 Å². The number of carbonyl (C=O) groups is 1. The van der Waals surface area contributed by atoms with Crippen LogP contribution in [0.1, 0.15) is 19.8 Å². The molecule has 0 aliphatic heterocycles. The number of hydrogen-bond donors (Lipinski definition) is 2. The van der Waals surface area contributed by atoms with Crippen LogP contribution >= 0.6 is 0 Å². The van der Waals surface area contributed by atoms with Crippen LogP contribution in [-0.2, 0) is 4.79 Å². The first-order valence-electron chi connectivity index (χ1n) is 5.83. The summed E-state index contributed by atoms with van der Waals surface area (Å²) in [5.41, 5.74) is 0.652. The fourth-order valence-electron chi connectivity index (χ4n) is 1.65. The van der Waals surface area contributed by atoms with Gasteiger partial charge in [0.2, 0.25) is 0 Å². The molecule has 0 aromatic heterocycles. The molecule has 0 heterocycles. The van der Waals surface area contributed by atoms with E-state index >= 15 is 0 Å². The monoisotopic (exact) mass is 253 g/mol. The summed E-state index contributed by atoms with van der Waals surface area (Å²) in [4.78, 5) is 11.1. The van der Waals surface area contributed by atoms with Gasteiger partial charge in [0.05, 0.1) is 19.9 Å². The van der Waals surface area contributed by atoms with Gasteiger partial charge in [-0.1, -0.05) is 13.3 Å². The summed E-state index contributed by atoms with van der Waals surface area (Å²) >= 11 is 0. The van der Waals surface area contributed by atoms with Crippen LogP contribution in [0.5, 0.6) is 11.5 Å². The highest BCUT2D eigenvalue weighted by molar-refractivity contribution is 5.78. The molecule has 0 spiro atoms. The Balaban J connectivity index is 2.91. The van der Waals surface area contributed by atoms with Gasteiger partial charge in [-0.05, 0) is 18.6 Å². The predicted octanol–water partition coefficient (Wildman–Crippen LogP) is 2.37. The first kappa shape index (κ1) is 14.2. The molecule has 0 aliphatic rings. The second-order valence-corrected chi connectivity index (χ2v) is 3.89. The van der Waals surface area contributed by atoms with Crippen LogP contribution in [-0.4, -0.2) is 31.3 Å². The molecule has 5 heteroatoms. The maximum Gasteiger partial charge on any atom is 0.326 e. The van der Waals surface area contributed by atoms with Gasteiger partial charge in [-0.15, -0.1) is 0 Å². The zero-order valence-corrected chi connectivity index (χ0v) is 10.9. The first-order valence-corrected chi connectivity index (χ1v) is 5.83. The van der Waals surface area contributed by atoms with E-state index in [1.807, 2.05) is 6.92 Å². The lowest BCUT2D eigenvalue weighted by Crippen LogP contribution is -2.29. The number of anilines is 1.